The van der Waals surface area contributed by atoms with Gasteiger partial charge in [-0.05, 0) is 38.2 Å². The second kappa shape index (κ2) is 11.2. The molecule has 0 radical (unpaired) electrons. The van der Waals surface area contributed by atoms with Crippen LogP contribution in [0.2, 0.25) is 0 Å². The van der Waals surface area contributed by atoms with Crippen LogP contribution in [0.5, 0.6) is 5.75 Å². The maximum atomic E-state index is 15.0. The van der Waals surface area contributed by atoms with Crippen LogP contribution in [0, 0.1) is 18.6 Å². The fraction of sp³-hybridized carbons (Fsp3) is 0.269. The number of fused-ring (bicyclic) bond motifs is 1. The first-order chi connectivity index (χ1) is 18.4. The number of aromatic nitrogens is 3. The number of aliphatic imine (C=N–C) groups is 2. The number of piperazine rings is 1. The van der Waals surface area contributed by atoms with Gasteiger partial charge in [-0.25, -0.2) is 18.8 Å². The van der Waals surface area contributed by atoms with Crippen LogP contribution in [0.4, 0.5) is 14.6 Å². The molecular formula is C26H28F2N8OS. The molecule has 1 saturated heterocycles. The number of thiophene rings is 1. The highest BCUT2D eigenvalue weighted by atomic mass is 32.1. The number of benzene rings is 1. The molecule has 5 rings (SSSR count). The molecule has 1 aromatic carbocycles. The zero-order valence-corrected chi connectivity index (χ0v) is 21.9. The van der Waals surface area contributed by atoms with E-state index in [0.29, 0.717) is 23.2 Å². The number of ether oxygens (including phenoxy) is 1. The van der Waals surface area contributed by atoms with E-state index >= 15 is 0 Å². The fourth-order valence-corrected chi connectivity index (χ4v) is 4.89. The zero-order valence-electron chi connectivity index (χ0n) is 21.1. The van der Waals surface area contributed by atoms with Crippen molar-refractivity contribution in [3.63, 3.8) is 0 Å². The Morgan fingerprint density at radius 3 is 2.82 bits per heavy atom. The lowest BCUT2D eigenvalue weighted by Crippen LogP contribution is -2.47. The Labute approximate surface area is 222 Å². The number of H-pyrrole nitrogens is 2. The molecule has 3 aromatic heterocycles. The van der Waals surface area contributed by atoms with Crippen molar-refractivity contribution in [3.8, 4) is 16.3 Å². The molecule has 4 aromatic rings. The average Bonchev–Trinajstić information content (AvgIpc) is 3.67. The Bertz CT molecular complexity index is 1480. The monoisotopic (exact) mass is 538 g/mol. The van der Waals surface area contributed by atoms with Gasteiger partial charge in [0, 0.05) is 55.5 Å². The first kappa shape index (κ1) is 25.6. The molecule has 1 aliphatic heterocycles. The number of hydrogen-bond donors (Lipinski definition) is 3. The molecule has 0 unspecified atom stereocenters. The number of anilines is 1. The quantitative estimate of drug-likeness (QED) is 0.220. The van der Waals surface area contributed by atoms with Gasteiger partial charge in [-0.3, -0.25) is 5.10 Å². The Hall–Kier alpha value is -4.03. The van der Waals surface area contributed by atoms with Crippen LogP contribution < -0.4 is 10.1 Å². The van der Waals surface area contributed by atoms with Crippen molar-refractivity contribution in [1.82, 2.24) is 25.0 Å². The van der Waals surface area contributed by atoms with Crippen LogP contribution >= 0.6 is 11.3 Å². The summed E-state index contributed by atoms with van der Waals surface area (Å²) >= 11 is 1.61. The van der Waals surface area contributed by atoms with E-state index in [9.17, 15) is 8.78 Å². The van der Waals surface area contributed by atoms with Gasteiger partial charge in [0.05, 0.1) is 16.1 Å². The number of rotatable bonds is 8. The van der Waals surface area contributed by atoms with Gasteiger partial charge in [-0.15, -0.1) is 11.3 Å². The Balaban J connectivity index is 1.37. The van der Waals surface area contributed by atoms with Crippen molar-refractivity contribution in [2.45, 2.75) is 6.92 Å². The van der Waals surface area contributed by atoms with Crippen molar-refractivity contribution in [2.24, 2.45) is 9.98 Å². The third-order valence-corrected chi connectivity index (χ3v) is 7.14. The van der Waals surface area contributed by atoms with E-state index in [1.165, 1.54) is 0 Å². The van der Waals surface area contributed by atoms with Gasteiger partial charge in [-0.2, -0.15) is 5.10 Å². The van der Waals surface area contributed by atoms with Gasteiger partial charge in [0.1, 0.15) is 11.7 Å². The summed E-state index contributed by atoms with van der Waals surface area (Å²) in [6, 6.07) is 8.45. The lowest BCUT2D eigenvalue weighted by Gasteiger charge is -2.33. The second-order valence-electron chi connectivity index (χ2n) is 8.95. The van der Waals surface area contributed by atoms with Gasteiger partial charge in [-0.1, -0.05) is 6.07 Å². The first-order valence-electron chi connectivity index (χ1n) is 12.0. The van der Waals surface area contributed by atoms with Crippen molar-refractivity contribution >= 4 is 40.6 Å². The summed E-state index contributed by atoms with van der Waals surface area (Å²) in [7, 11) is 2.06. The summed E-state index contributed by atoms with van der Waals surface area (Å²) < 4.78 is 35.1. The van der Waals surface area contributed by atoms with Crippen LogP contribution in [-0.2, 0) is 0 Å². The Kier molecular flexibility index (Phi) is 7.52. The maximum Gasteiger partial charge on any atom is 0.181 e. The molecule has 4 heterocycles. The minimum absolute atomic E-state index is 0.116. The molecule has 9 nitrogen and oxygen atoms in total. The second-order valence-corrected chi connectivity index (χ2v) is 9.90. The normalized spacial score (nSPS) is 15.3. The number of nitrogens with zero attached hydrogens (tertiary/aromatic N) is 5. The fourth-order valence-electron chi connectivity index (χ4n) is 4.20. The number of hydrogen-bond acceptors (Lipinski definition) is 7. The smallest absolute Gasteiger partial charge is 0.181 e. The summed E-state index contributed by atoms with van der Waals surface area (Å²) in [5.74, 6) is 0.185. The Morgan fingerprint density at radius 2 is 2.08 bits per heavy atom. The third kappa shape index (κ3) is 5.60. The minimum Gasteiger partial charge on any atom is -0.468 e. The molecule has 0 aliphatic carbocycles. The number of nitrogens with one attached hydrogen (secondary N) is 3. The Morgan fingerprint density at radius 1 is 1.26 bits per heavy atom. The number of aryl methyl sites for hydroxylation is 1. The van der Waals surface area contributed by atoms with Crippen LogP contribution in [0.15, 0.2) is 57.6 Å². The van der Waals surface area contributed by atoms with Gasteiger partial charge >= 0.3 is 0 Å². The standard InChI is InChI=1S/C26H28F2N8OS/c1-16-11-17-25(28)20(12-18(27)26(17)31-16)37-15-30-24(36-8-6-35(3)7-9-36)14-22(29-2)32-23-13-19(33-34-23)21-5-4-10-38-21/h4-5,10-14,31H,2,6-9,15H2,1,3H3,(H2,32,33,34)/b22-14+,30-24+. The topological polar surface area (TPSA) is 96.9 Å². The van der Waals surface area contributed by atoms with Crippen molar-refractivity contribution in [3.05, 3.63) is 64.9 Å². The van der Waals surface area contributed by atoms with Crippen molar-refractivity contribution in [2.75, 3.05) is 45.3 Å². The third-order valence-electron chi connectivity index (χ3n) is 6.23. The van der Waals surface area contributed by atoms with Crippen molar-refractivity contribution < 1.29 is 13.5 Å². The first-order valence-corrected chi connectivity index (χ1v) is 12.9. The van der Waals surface area contributed by atoms with Crippen LogP contribution in [0.3, 0.4) is 0 Å². The highest BCUT2D eigenvalue weighted by Gasteiger charge is 2.19. The zero-order chi connectivity index (χ0) is 26.6. The number of amidine groups is 1. The largest absolute Gasteiger partial charge is 0.468 e. The van der Waals surface area contributed by atoms with E-state index in [4.69, 9.17) is 4.74 Å². The lowest BCUT2D eigenvalue weighted by molar-refractivity contribution is 0.214. The van der Waals surface area contributed by atoms with E-state index in [1.54, 1.807) is 30.4 Å². The average molecular weight is 539 g/mol. The molecule has 1 aliphatic rings. The molecule has 0 spiro atoms. The number of halogens is 2. The molecule has 38 heavy (non-hydrogen) atoms. The molecule has 198 valence electrons. The van der Waals surface area contributed by atoms with E-state index in [-0.39, 0.29) is 23.4 Å². The summed E-state index contributed by atoms with van der Waals surface area (Å²) in [5.41, 5.74) is 1.66. The van der Waals surface area contributed by atoms with E-state index in [2.05, 4.69) is 54.0 Å². The van der Waals surface area contributed by atoms with Crippen LogP contribution in [-0.4, -0.2) is 77.5 Å². The van der Waals surface area contributed by atoms with Crippen LogP contribution in [0.25, 0.3) is 21.5 Å². The van der Waals surface area contributed by atoms with Gasteiger partial charge in [0.2, 0.25) is 0 Å². The summed E-state index contributed by atoms with van der Waals surface area (Å²) in [6.07, 6.45) is 1.75. The number of aromatic amines is 2. The summed E-state index contributed by atoms with van der Waals surface area (Å²) in [4.78, 5) is 16.9. The predicted octanol–water partition coefficient (Wildman–Crippen LogP) is 4.84. The maximum absolute atomic E-state index is 15.0. The summed E-state index contributed by atoms with van der Waals surface area (Å²) in [5, 5.41) is 12.6. The summed E-state index contributed by atoms with van der Waals surface area (Å²) in [6.45, 7) is 8.38. The SMILES string of the molecule is C=N/C(=C\C(=N/COc1cc(F)c2[nH]c(C)cc2c1F)N1CCN(C)CC1)Nc1cc(-c2cccs2)[nH]n1. The lowest BCUT2D eigenvalue weighted by atomic mass is 10.2. The molecular weight excluding hydrogens is 510 g/mol. The molecule has 0 atom stereocenters. The van der Waals surface area contributed by atoms with E-state index in [1.807, 2.05) is 23.6 Å². The van der Waals surface area contributed by atoms with Gasteiger partial charge in [0.15, 0.2) is 29.9 Å². The predicted molar refractivity (Wildman–Crippen MR) is 148 cm³/mol. The van der Waals surface area contributed by atoms with Crippen LogP contribution in [0.1, 0.15) is 5.69 Å². The molecule has 0 amide bonds. The molecule has 0 saturated carbocycles. The van der Waals surface area contributed by atoms with Gasteiger partial charge < -0.3 is 24.8 Å². The van der Waals surface area contributed by atoms with E-state index < -0.39 is 11.6 Å². The van der Waals surface area contributed by atoms with Crippen molar-refractivity contribution in [1.29, 1.82) is 0 Å². The highest BCUT2D eigenvalue weighted by Crippen LogP contribution is 2.30. The highest BCUT2D eigenvalue weighted by molar-refractivity contribution is 7.13. The minimum atomic E-state index is -0.632. The van der Waals surface area contributed by atoms with E-state index in [0.717, 1.165) is 42.8 Å². The molecule has 1 fully saturated rings. The van der Waals surface area contributed by atoms with Gasteiger partial charge in [0.25, 0.3) is 0 Å². The molecule has 12 heteroatoms. The molecule has 0 bridgehead atoms. The number of likely N-dealkylation sites (N-methyl/N-ethyl adjacent to an activating group) is 1. The molecule has 3 N–H and O–H groups in total.